The summed E-state index contributed by atoms with van der Waals surface area (Å²) in [5.74, 6) is -0.465. The minimum Gasteiger partial charge on any atom is -0.493 e. The van der Waals surface area contributed by atoms with E-state index in [1.807, 2.05) is 42.5 Å². The normalized spacial score (nSPS) is 14.2. The van der Waals surface area contributed by atoms with Crippen LogP contribution < -0.4 is 14.2 Å². The standard InChI is InChI=1S/C30H22FNO6S/c1-36-26-17-19(9-14-25(26)38-29(34)21-10-12-22(31)13-11-21)18-27-28(33)32(30(35)39-27)15-16-37-24-8-4-6-20-5-2-3-7-23(20)24/h2-14,17-18H,15-16H2,1H3/b27-18-. The van der Waals surface area contributed by atoms with Gasteiger partial charge in [0.05, 0.1) is 24.1 Å². The number of carbonyl (C=O) groups excluding carboxylic acids is 3. The van der Waals surface area contributed by atoms with Gasteiger partial charge in [-0.1, -0.05) is 42.5 Å². The molecule has 4 aromatic carbocycles. The van der Waals surface area contributed by atoms with E-state index < -0.39 is 17.7 Å². The van der Waals surface area contributed by atoms with Gasteiger partial charge in [-0.05, 0) is 71.3 Å². The molecule has 0 aromatic heterocycles. The van der Waals surface area contributed by atoms with Crippen molar-refractivity contribution in [2.24, 2.45) is 0 Å². The molecule has 1 aliphatic rings. The van der Waals surface area contributed by atoms with Gasteiger partial charge >= 0.3 is 5.97 Å². The van der Waals surface area contributed by atoms with E-state index in [4.69, 9.17) is 14.2 Å². The topological polar surface area (TPSA) is 82.1 Å². The number of ether oxygens (including phenoxy) is 3. The largest absolute Gasteiger partial charge is 0.493 e. The highest BCUT2D eigenvalue weighted by atomic mass is 32.2. The number of thioether (sulfide) groups is 1. The molecule has 7 nitrogen and oxygen atoms in total. The number of hydrogen-bond donors (Lipinski definition) is 0. The van der Waals surface area contributed by atoms with Crippen LogP contribution in [0.5, 0.6) is 17.2 Å². The number of halogens is 1. The molecule has 0 N–H and O–H groups in total. The lowest BCUT2D eigenvalue weighted by atomic mass is 10.1. The van der Waals surface area contributed by atoms with Gasteiger partial charge in [-0.25, -0.2) is 9.18 Å². The first-order valence-electron chi connectivity index (χ1n) is 11.9. The van der Waals surface area contributed by atoms with Crippen molar-refractivity contribution < 1.29 is 33.0 Å². The fourth-order valence-corrected chi connectivity index (χ4v) is 4.88. The summed E-state index contributed by atoms with van der Waals surface area (Å²) in [6.45, 7) is 0.258. The maximum Gasteiger partial charge on any atom is 0.343 e. The van der Waals surface area contributed by atoms with Gasteiger partial charge in [0.25, 0.3) is 11.1 Å². The predicted octanol–water partition coefficient (Wildman–Crippen LogP) is 6.32. The molecule has 196 valence electrons. The average Bonchev–Trinajstić information content (AvgIpc) is 3.21. The molecule has 0 spiro atoms. The summed E-state index contributed by atoms with van der Waals surface area (Å²) in [5.41, 5.74) is 0.756. The van der Waals surface area contributed by atoms with Crippen molar-refractivity contribution in [2.75, 3.05) is 20.3 Å². The second-order valence-electron chi connectivity index (χ2n) is 8.47. The summed E-state index contributed by atoms with van der Waals surface area (Å²) < 4.78 is 29.8. The highest BCUT2D eigenvalue weighted by molar-refractivity contribution is 8.18. The number of nitrogens with zero attached hydrogens (tertiary/aromatic N) is 1. The van der Waals surface area contributed by atoms with Crippen molar-refractivity contribution in [1.29, 1.82) is 0 Å². The molecule has 4 aromatic rings. The number of methoxy groups -OCH3 is 1. The number of esters is 1. The fraction of sp³-hybridized carbons (Fsp3) is 0.100. The van der Waals surface area contributed by atoms with Gasteiger partial charge in [0.2, 0.25) is 0 Å². The molecule has 1 saturated heterocycles. The summed E-state index contributed by atoms with van der Waals surface area (Å²) >= 11 is 0.838. The van der Waals surface area contributed by atoms with Gasteiger partial charge < -0.3 is 14.2 Å². The molecule has 0 unspecified atom stereocenters. The third-order valence-corrected chi connectivity index (χ3v) is 6.87. The van der Waals surface area contributed by atoms with Crippen LogP contribution in [0, 0.1) is 5.82 Å². The maximum atomic E-state index is 13.1. The van der Waals surface area contributed by atoms with Crippen LogP contribution in [0.3, 0.4) is 0 Å². The number of benzene rings is 4. The van der Waals surface area contributed by atoms with Gasteiger partial charge in [-0.3, -0.25) is 14.5 Å². The molecule has 1 heterocycles. The molecule has 1 fully saturated rings. The van der Waals surface area contributed by atoms with E-state index in [-0.39, 0.29) is 40.4 Å². The van der Waals surface area contributed by atoms with Crippen LogP contribution >= 0.6 is 11.8 Å². The Morgan fingerprint density at radius 2 is 1.69 bits per heavy atom. The summed E-state index contributed by atoms with van der Waals surface area (Å²) in [6, 6.07) is 23.3. The number of rotatable bonds is 8. The highest BCUT2D eigenvalue weighted by Gasteiger charge is 2.35. The third kappa shape index (κ3) is 5.78. The molecule has 1 aliphatic heterocycles. The summed E-state index contributed by atoms with van der Waals surface area (Å²) in [4.78, 5) is 39.3. The van der Waals surface area contributed by atoms with E-state index in [1.165, 1.54) is 37.4 Å². The first-order valence-corrected chi connectivity index (χ1v) is 12.8. The molecule has 2 amide bonds. The Hall–Kier alpha value is -4.63. The monoisotopic (exact) mass is 543 g/mol. The molecular formula is C30H22FNO6S. The van der Waals surface area contributed by atoms with Crippen LogP contribution in [-0.2, 0) is 4.79 Å². The van der Waals surface area contributed by atoms with Crippen LogP contribution in [-0.4, -0.2) is 42.3 Å². The summed E-state index contributed by atoms with van der Waals surface area (Å²) in [6.07, 6.45) is 1.57. The fourth-order valence-electron chi connectivity index (χ4n) is 4.02. The van der Waals surface area contributed by atoms with Crippen LogP contribution in [0.2, 0.25) is 0 Å². The van der Waals surface area contributed by atoms with Crippen molar-refractivity contribution >= 4 is 45.7 Å². The summed E-state index contributed by atoms with van der Waals surface area (Å²) in [7, 11) is 1.41. The summed E-state index contributed by atoms with van der Waals surface area (Å²) in [5, 5.41) is 1.61. The minimum atomic E-state index is -0.673. The van der Waals surface area contributed by atoms with Gasteiger partial charge in [0.15, 0.2) is 11.5 Å². The molecule has 39 heavy (non-hydrogen) atoms. The van der Waals surface area contributed by atoms with E-state index >= 15 is 0 Å². The Kier molecular flexibility index (Phi) is 7.60. The lowest BCUT2D eigenvalue weighted by Gasteiger charge is -2.14. The average molecular weight is 544 g/mol. The zero-order valence-electron chi connectivity index (χ0n) is 20.8. The number of amides is 2. The molecule has 0 bridgehead atoms. The Balaban J connectivity index is 1.25. The van der Waals surface area contributed by atoms with E-state index in [1.54, 1.807) is 18.2 Å². The second kappa shape index (κ2) is 11.4. The quantitative estimate of drug-likeness (QED) is 0.146. The predicted molar refractivity (Wildman–Crippen MR) is 146 cm³/mol. The molecule has 5 rings (SSSR count). The van der Waals surface area contributed by atoms with E-state index in [0.29, 0.717) is 11.3 Å². The lowest BCUT2D eigenvalue weighted by molar-refractivity contribution is -0.123. The van der Waals surface area contributed by atoms with Gasteiger partial charge in [0, 0.05) is 5.39 Å². The van der Waals surface area contributed by atoms with E-state index in [0.717, 1.165) is 27.4 Å². The molecule has 0 aliphatic carbocycles. The molecule has 0 radical (unpaired) electrons. The first kappa shape index (κ1) is 26.0. The van der Waals surface area contributed by atoms with Crippen LogP contribution in [0.4, 0.5) is 9.18 Å². The molecular weight excluding hydrogens is 521 g/mol. The van der Waals surface area contributed by atoms with Crippen LogP contribution in [0.1, 0.15) is 15.9 Å². The van der Waals surface area contributed by atoms with E-state index in [2.05, 4.69) is 0 Å². The van der Waals surface area contributed by atoms with Crippen molar-refractivity contribution in [3.05, 3.63) is 107 Å². The minimum absolute atomic E-state index is 0.104. The molecule has 0 atom stereocenters. The number of imide groups is 1. The van der Waals surface area contributed by atoms with Gasteiger partial charge in [0.1, 0.15) is 18.2 Å². The number of fused-ring (bicyclic) bond motifs is 1. The Morgan fingerprint density at radius 1 is 0.923 bits per heavy atom. The molecule has 9 heteroatoms. The zero-order chi connectivity index (χ0) is 27.4. The van der Waals surface area contributed by atoms with Crippen molar-refractivity contribution in [2.45, 2.75) is 0 Å². The van der Waals surface area contributed by atoms with Gasteiger partial charge in [-0.2, -0.15) is 0 Å². The zero-order valence-corrected chi connectivity index (χ0v) is 21.6. The first-order chi connectivity index (χ1) is 18.9. The van der Waals surface area contributed by atoms with E-state index in [9.17, 15) is 18.8 Å². The van der Waals surface area contributed by atoms with Crippen LogP contribution in [0.15, 0.2) is 89.8 Å². The Labute approximate surface area is 227 Å². The number of hydrogen-bond acceptors (Lipinski definition) is 7. The number of carbonyl (C=O) groups is 3. The lowest BCUT2D eigenvalue weighted by Crippen LogP contribution is -2.32. The highest BCUT2D eigenvalue weighted by Crippen LogP contribution is 2.35. The Bertz CT molecular complexity index is 1600. The van der Waals surface area contributed by atoms with Crippen molar-refractivity contribution in [3.63, 3.8) is 0 Å². The SMILES string of the molecule is COc1cc(/C=C2\SC(=O)N(CCOc3cccc4ccccc34)C2=O)ccc1OC(=O)c1ccc(F)cc1. The van der Waals surface area contributed by atoms with Gasteiger partial charge in [-0.15, -0.1) is 0 Å². The van der Waals surface area contributed by atoms with Crippen LogP contribution in [0.25, 0.3) is 16.8 Å². The second-order valence-corrected chi connectivity index (χ2v) is 9.46. The maximum absolute atomic E-state index is 13.1. The smallest absolute Gasteiger partial charge is 0.343 e. The third-order valence-electron chi connectivity index (χ3n) is 5.96. The van der Waals surface area contributed by atoms with Crippen molar-refractivity contribution in [1.82, 2.24) is 4.90 Å². The Morgan fingerprint density at radius 3 is 2.49 bits per heavy atom. The van der Waals surface area contributed by atoms with Crippen molar-refractivity contribution in [3.8, 4) is 17.2 Å². The molecule has 0 saturated carbocycles.